The van der Waals surface area contributed by atoms with Gasteiger partial charge in [-0.1, -0.05) is 0 Å². The molecule has 1 aliphatic carbocycles. The van der Waals surface area contributed by atoms with Gasteiger partial charge >= 0.3 is 13.5 Å². The summed E-state index contributed by atoms with van der Waals surface area (Å²) >= 11 is 0. The maximum atomic E-state index is 14.1. The van der Waals surface area contributed by atoms with E-state index in [1.54, 1.807) is 71.6 Å². The van der Waals surface area contributed by atoms with Gasteiger partial charge in [-0.25, -0.2) is 15.1 Å². The first-order chi connectivity index (χ1) is 17.4. The fraction of sp³-hybridized carbons (Fsp3) is 0.500. The summed E-state index contributed by atoms with van der Waals surface area (Å²) in [4.78, 5) is 25.3. The van der Waals surface area contributed by atoms with E-state index in [-0.39, 0.29) is 18.4 Å². The molecule has 1 saturated carbocycles. The molecule has 0 aliphatic heterocycles. The van der Waals surface area contributed by atoms with Crippen molar-refractivity contribution in [3.8, 4) is 11.5 Å². The van der Waals surface area contributed by atoms with Gasteiger partial charge in [-0.05, 0) is 64.8 Å². The van der Waals surface area contributed by atoms with E-state index < -0.39 is 24.6 Å². The number of methoxy groups -OCH3 is 1. The molecule has 37 heavy (non-hydrogen) atoms. The molecule has 1 aliphatic rings. The Balaban J connectivity index is 1.53. The third-order valence-electron chi connectivity index (χ3n) is 5.80. The monoisotopic (exact) mass is 532 g/mol. The van der Waals surface area contributed by atoms with Gasteiger partial charge in [0.1, 0.15) is 28.9 Å². The quantitative estimate of drug-likeness (QED) is 0.260. The lowest BCUT2D eigenvalue weighted by atomic mass is 10.1. The van der Waals surface area contributed by atoms with E-state index >= 15 is 0 Å². The van der Waals surface area contributed by atoms with Gasteiger partial charge in [0.2, 0.25) is 5.95 Å². The molecular weight excluding hydrogens is 499 g/mol. The highest BCUT2D eigenvalue weighted by atomic mass is 31.2. The molecule has 1 unspecified atom stereocenters. The molecule has 2 aromatic heterocycles. The van der Waals surface area contributed by atoms with Crippen LogP contribution in [0.5, 0.6) is 11.5 Å². The van der Waals surface area contributed by atoms with Crippen LogP contribution >= 0.6 is 7.52 Å². The zero-order valence-corrected chi connectivity index (χ0v) is 22.5. The molecule has 0 saturated heterocycles. The first-order valence-corrected chi connectivity index (χ1v) is 13.7. The fourth-order valence-electron chi connectivity index (χ4n) is 3.73. The van der Waals surface area contributed by atoms with Gasteiger partial charge in [0.05, 0.1) is 37.9 Å². The Morgan fingerprint density at radius 1 is 1.22 bits per heavy atom. The lowest BCUT2D eigenvalue weighted by Crippen LogP contribution is -2.48. The summed E-state index contributed by atoms with van der Waals surface area (Å²) in [6, 6.07) is 6.67. The van der Waals surface area contributed by atoms with E-state index in [4.69, 9.17) is 24.5 Å². The molecule has 3 N–H and O–H groups in total. The number of nitrogen functional groups attached to an aromatic ring is 1. The fourth-order valence-corrected chi connectivity index (χ4v) is 5.74. The topological polar surface area (TPSA) is 153 Å². The largest absolute Gasteiger partial charge is 0.497 e. The van der Waals surface area contributed by atoms with Crippen molar-refractivity contribution >= 4 is 30.6 Å². The van der Waals surface area contributed by atoms with Gasteiger partial charge in [0.15, 0.2) is 5.65 Å². The summed E-state index contributed by atoms with van der Waals surface area (Å²) in [6.07, 6.45) is 4.10. The standard InChI is InChI=1S/C24H33N6O6P/c1-16(2)35-21(31)23(3,4)29-37(32,36-18-8-6-17(33-5)7-9-18)15-34-24(10-11-24)13-30-14-27-19-12-26-22(25)28-20(19)30/h6-9,12,14,16H,10-11,13,15H2,1-5H3,(H,29,32)(H2,25,26,28). The third-order valence-corrected chi connectivity index (χ3v) is 7.67. The lowest BCUT2D eigenvalue weighted by molar-refractivity contribution is -0.153. The number of imidazole rings is 1. The number of ether oxygens (including phenoxy) is 3. The minimum absolute atomic E-state index is 0.150. The maximum Gasteiger partial charge on any atom is 0.342 e. The molecule has 1 aromatic carbocycles. The van der Waals surface area contributed by atoms with E-state index in [2.05, 4.69) is 20.0 Å². The van der Waals surface area contributed by atoms with Gasteiger partial charge in [-0.15, -0.1) is 0 Å². The van der Waals surface area contributed by atoms with E-state index in [0.717, 1.165) is 12.8 Å². The average molecular weight is 533 g/mol. The Morgan fingerprint density at radius 3 is 2.51 bits per heavy atom. The zero-order chi connectivity index (χ0) is 26.8. The zero-order valence-electron chi connectivity index (χ0n) is 21.6. The summed E-state index contributed by atoms with van der Waals surface area (Å²) in [5, 5.41) is 2.89. The summed E-state index contributed by atoms with van der Waals surface area (Å²) in [5.74, 6) is 0.563. The smallest absolute Gasteiger partial charge is 0.342 e. The lowest BCUT2D eigenvalue weighted by Gasteiger charge is -2.31. The van der Waals surface area contributed by atoms with Gasteiger partial charge in [0, 0.05) is 0 Å². The van der Waals surface area contributed by atoms with Crippen molar-refractivity contribution in [2.24, 2.45) is 0 Å². The van der Waals surface area contributed by atoms with Crippen molar-refractivity contribution in [2.45, 2.75) is 64.3 Å². The number of benzene rings is 1. The summed E-state index contributed by atoms with van der Waals surface area (Å²) in [6.45, 7) is 7.12. The highest BCUT2D eigenvalue weighted by Gasteiger charge is 2.48. The number of rotatable bonds is 12. The van der Waals surface area contributed by atoms with Crippen molar-refractivity contribution in [1.29, 1.82) is 0 Å². The number of hydrogen-bond donors (Lipinski definition) is 2. The summed E-state index contributed by atoms with van der Waals surface area (Å²) in [5.41, 5.74) is 5.07. The van der Waals surface area contributed by atoms with Gasteiger partial charge < -0.3 is 29.0 Å². The molecule has 12 nitrogen and oxygen atoms in total. The van der Waals surface area contributed by atoms with Crippen molar-refractivity contribution < 1.29 is 28.1 Å². The number of anilines is 1. The average Bonchev–Trinajstić information content (AvgIpc) is 3.50. The Hall–Kier alpha value is -3.21. The Kier molecular flexibility index (Phi) is 7.45. The van der Waals surface area contributed by atoms with Crippen LogP contribution in [0.2, 0.25) is 0 Å². The molecule has 13 heteroatoms. The molecule has 0 amide bonds. The molecule has 0 bridgehead atoms. The van der Waals surface area contributed by atoms with Crippen LogP contribution in [0.1, 0.15) is 40.5 Å². The minimum atomic E-state index is -3.77. The number of fused-ring (bicyclic) bond motifs is 1. The molecule has 4 rings (SSSR count). The van der Waals surface area contributed by atoms with Crippen LogP contribution in [-0.2, 0) is 25.4 Å². The van der Waals surface area contributed by atoms with Crippen LogP contribution in [0.15, 0.2) is 36.8 Å². The van der Waals surface area contributed by atoms with Crippen LogP contribution in [0.4, 0.5) is 5.95 Å². The van der Waals surface area contributed by atoms with Crippen molar-refractivity contribution in [2.75, 3.05) is 19.2 Å². The Morgan fingerprint density at radius 2 is 1.89 bits per heavy atom. The number of aromatic nitrogens is 4. The second-order valence-corrected chi connectivity index (χ2v) is 11.9. The van der Waals surface area contributed by atoms with E-state index in [1.807, 2.05) is 4.57 Å². The SMILES string of the molecule is COc1ccc(OP(=O)(COC2(Cn3cnc4cnc(N)nc43)CC2)NC(C)(C)C(=O)OC(C)C)cc1. The van der Waals surface area contributed by atoms with Crippen LogP contribution in [0.25, 0.3) is 11.2 Å². The third kappa shape index (κ3) is 6.57. The number of hydrogen-bond acceptors (Lipinski definition) is 10. The van der Waals surface area contributed by atoms with Crippen LogP contribution in [0, 0.1) is 0 Å². The van der Waals surface area contributed by atoms with E-state index in [0.29, 0.717) is 29.2 Å². The highest BCUT2D eigenvalue weighted by molar-refractivity contribution is 7.57. The summed E-state index contributed by atoms with van der Waals surface area (Å²) in [7, 11) is -2.22. The van der Waals surface area contributed by atoms with Crippen LogP contribution in [-0.4, -0.2) is 56.2 Å². The minimum Gasteiger partial charge on any atom is -0.497 e. The molecule has 0 radical (unpaired) electrons. The Bertz CT molecular complexity index is 1300. The number of nitrogens with zero attached hydrogens (tertiary/aromatic N) is 4. The predicted octanol–water partition coefficient (Wildman–Crippen LogP) is 3.52. The van der Waals surface area contributed by atoms with Gasteiger partial charge in [0.25, 0.3) is 0 Å². The van der Waals surface area contributed by atoms with Crippen LogP contribution < -0.4 is 20.1 Å². The number of carbonyl (C=O) groups excluding carboxylic acids is 1. The van der Waals surface area contributed by atoms with Crippen molar-refractivity contribution in [1.82, 2.24) is 24.6 Å². The highest BCUT2D eigenvalue weighted by Crippen LogP contribution is 2.50. The first kappa shape index (κ1) is 26.8. The van der Waals surface area contributed by atoms with Crippen LogP contribution in [0.3, 0.4) is 0 Å². The second kappa shape index (κ2) is 10.3. The first-order valence-electron chi connectivity index (χ1n) is 11.9. The molecule has 0 spiro atoms. The van der Waals surface area contributed by atoms with E-state index in [1.165, 1.54) is 0 Å². The van der Waals surface area contributed by atoms with Gasteiger partial charge in [-0.3, -0.25) is 9.36 Å². The molecule has 2 heterocycles. The van der Waals surface area contributed by atoms with Crippen molar-refractivity contribution in [3.05, 3.63) is 36.8 Å². The molecule has 200 valence electrons. The molecule has 1 fully saturated rings. The summed E-state index contributed by atoms with van der Waals surface area (Å²) < 4.78 is 38.7. The molecule has 3 aromatic rings. The number of nitrogens with one attached hydrogen (secondary N) is 1. The number of nitrogens with two attached hydrogens (primary N) is 1. The predicted molar refractivity (Wildman–Crippen MR) is 137 cm³/mol. The number of carbonyl (C=O) groups is 1. The Labute approximate surface area is 215 Å². The maximum absolute atomic E-state index is 14.1. The second-order valence-electron chi connectivity index (χ2n) is 9.90. The van der Waals surface area contributed by atoms with Crippen molar-refractivity contribution in [3.63, 3.8) is 0 Å². The molecule has 1 atom stereocenters. The molecular formula is C24H33N6O6P. The number of esters is 1. The van der Waals surface area contributed by atoms with E-state index in [9.17, 15) is 9.36 Å². The van der Waals surface area contributed by atoms with Gasteiger partial charge in [-0.2, -0.15) is 4.98 Å². The normalized spacial score (nSPS) is 16.4.